The lowest BCUT2D eigenvalue weighted by Crippen LogP contribution is -2.52. The van der Waals surface area contributed by atoms with Gasteiger partial charge in [0.15, 0.2) is 5.13 Å². The van der Waals surface area contributed by atoms with Gasteiger partial charge in [0, 0.05) is 23.4 Å². The van der Waals surface area contributed by atoms with E-state index in [9.17, 15) is 24.3 Å². The van der Waals surface area contributed by atoms with Gasteiger partial charge in [-0.3, -0.25) is 19.2 Å². The van der Waals surface area contributed by atoms with E-state index in [-0.39, 0.29) is 12.1 Å². The Balaban J connectivity index is 1.36. The average molecular weight is 585 g/mol. The Labute approximate surface area is 235 Å². The molecule has 4 rings (SSSR count). The van der Waals surface area contributed by atoms with Crippen LogP contribution < -0.4 is 21.3 Å². The first-order chi connectivity index (χ1) is 18.9. The number of benzene rings is 1. The Kier molecular flexibility index (Phi) is 9.85. The van der Waals surface area contributed by atoms with E-state index in [1.165, 1.54) is 40.2 Å². The van der Waals surface area contributed by atoms with Crippen molar-refractivity contribution < 1.29 is 24.3 Å². The van der Waals surface area contributed by atoms with Crippen molar-refractivity contribution in [3.8, 4) is 9.88 Å². The summed E-state index contributed by atoms with van der Waals surface area (Å²) in [6.07, 6.45) is 1.68. The molecule has 0 saturated heterocycles. The highest BCUT2D eigenvalue weighted by Crippen LogP contribution is 2.27. The van der Waals surface area contributed by atoms with Crippen LogP contribution in [0.2, 0.25) is 0 Å². The lowest BCUT2D eigenvalue weighted by atomic mass is 10.0. The van der Waals surface area contributed by atoms with Gasteiger partial charge in [0.2, 0.25) is 11.8 Å². The predicted octanol–water partition coefficient (Wildman–Crippen LogP) is 1.90. The van der Waals surface area contributed by atoms with Crippen LogP contribution in [0.3, 0.4) is 0 Å². The topological polar surface area (TPSA) is 162 Å². The van der Waals surface area contributed by atoms with Crippen molar-refractivity contribution in [1.82, 2.24) is 25.9 Å². The standard InChI is InChI=1S/C25H24N6O5S3/c32-13-17(22(35)31-25-26-8-10-38-25)28-20(33)12-27-21(34)16(11-15-5-2-1-3-6-15)29-23(36)18-14-39-24(30-18)19-7-4-9-37-19/h1-10,14,16-17,32H,11-13H2,(H,27,34)(H,28,33)(H,29,36)(H,26,31,35)/t16-,17-/m0/s1. The van der Waals surface area contributed by atoms with Gasteiger partial charge >= 0.3 is 0 Å². The van der Waals surface area contributed by atoms with E-state index in [1.807, 2.05) is 47.8 Å². The number of aliphatic hydroxyl groups is 1. The maximum absolute atomic E-state index is 13.1. The molecule has 0 radical (unpaired) electrons. The second-order valence-electron chi connectivity index (χ2n) is 8.08. The highest BCUT2D eigenvalue weighted by molar-refractivity contribution is 7.20. The summed E-state index contributed by atoms with van der Waals surface area (Å²) in [7, 11) is 0. The molecule has 0 bridgehead atoms. The van der Waals surface area contributed by atoms with Crippen LogP contribution >= 0.6 is 34.0 Å². The van der Waals surface area contributed by atoms with Crippen LogP contribution in [0.4, 0.5) is 5.13 Å². The minimum Gasteiger partial charge on any atom is -0.394 e. The third kappa shape index (κ3) is 8.00. The molecule has 39 heavy (non-hydrogen) atoms. The first-order valence-corrected chi connectivity index (χ1v) is 14.3. The zero-order chi connectivity index (χ0) is 27.6. The van der Waals surface area contributed by atoms with Crippen LogP contribution in [0.5, 0.6) is 0 Å². The Morgan fingerprint density at radius 2 is 1.72 bits per heavy atom. The highest BCUT2D eigenvalue weighted by Gasteiger charge is 2.25. The van der Waals surface area contributed by atoms with Gasteiger partial charge in [0.25, 0.3) is 11.8 Å². The van der Waals surface area contributed by atoms with Crippen molar-refractivity contribution in [1.29, 1.82) is 0 Å². The fourth-order valence-electron chi connectivity index (χ4n) is 3.39. The molecular formula is C25H24N6O5S3. The zero-order valence-electron chi connectivity index (χ0n) is 20.3. The number of thiazole rings is 2. The summed E-state index contributed by atoms with van der Waals surface area (Å²) in [6.45, 7) is -1.12. The van der Waals surface area contributed by atoms with E-state index in [2.05, 4.69) is 31.2 Å². The molecule has 11 nitrogen and oxygen atoms in total. The monoisotopic (exact) mass is 584 g/mol. The lowest BCUT2D eigenvalue weighted by molar-refractivity contribution is -0.129. The highest BCUT2D eigenvalue weighted by atomic mass is 32.1. The molecule has 0 saturated carbocycles. The van der Waals surface area contributed by atoms with E-state index >= 15 is 0 Å². The summed E-state index contributed by atoms with van der Waals surface area (Å²) in [5.41, 5.74) is 0.989. The van der Waals surface area contributed by atoms with Crippen LogP contribution in [-0.4, -0.2) is 63.9 Å². The Hall–Kier alpha value is -3.98. The maximum atomic E-state index is 13.1. The van der Waals surface area contributed by atoms with Crippen LogP contribution in [0.25, 0.3) is 9.88 Å². The number of carbonyl (C=O) groups excluding carboxylic acids is 4. The molecule has 4 aromatic rings. The number of hydrogen-bond donors (Lipinski definition) is 5. The molecular weight excluding hydrogens is 561 g/mol. The third-order valence-electron chi connectivity index (χ3n) is 5.29. The lowest BCUT2D eigenvalue weighted by Gasteiger charge is -2.19. The summed E-state index contributed by atoms with van der Waals surface area (Å²) in [4.78, 5) is 60.0. The number of aromatic nitrogens is 2. The molecule has 0 aliphatic carbocycles. The molecule has 14 heteroatoms. The molecule has 0 aliphatic rings. The third-order valence-corrected chi connectivity index (χ3v) is 7.86. The summed E-state index contributed by atoms with van der Waals surface area (Å²) in [5, 5.41) is 25.8. The molecule has 0 spiro atoms. The van der Waals surface area contributed by atoms with Crippen molar-refractivity contribution in [2.45, 2.75) is 18.5 Å². The molecule has 0 fully saturated rings. The van der Waals surface area contributed by atoms with Crippen molar-refractivity contribution in [3.63, 3.8) is 0 Å². The van der Waals surface area contributed by atoms with Gasteiger partial charge in [-0.25, -0.2) is 9.97 Å². The number of thiophene rings is 1. The summed E-state index contributed by atoms with van der Waals surface area (Å²) < 4.78 is 0. The quantitative estimate of drug-likeness (QED) is 0.170. The Bertz CT molecular complexity index is 1390. The molecule has 2 atom stereocenters. The van der Waals surface area contributed by atoms with Crippen molar-refractivity contribution >= 4 is 62.8 Å². The van der Waals surface area contributed by atoms with E-state index in [0.29, 0.717) is 10.1 Å². The van der Waals surface area contributed by atoms with Gasteiger partial charge in [-0.05, 0) is 17.0 Å². The van der Waals surface area contributed by atoms with E-state index in [1.54, 1.807) is 10.8 Å². The molecule has 202 valence electrons. The average Bonchev–Trinajstić information content (AvgIpc) is 3.73. The van der Waals surface area contributed by atoms with Gasteiger partial charge < -0.3 is 26.4 Å². The van der Waals surface area contributed by atoms with E-state index < -0.39 is 48.9 Å². The number of rotatable bonds is 12. The van der Waals surface area contributed by atoms with Crippen molar-refractivity contribution in [2.24, 2.45) is 0 Å². The van der Waals surface area contributed by atoms with Gasteiger partial charge in [-0.2, -0.15) is 0 Å². The second kappa shape index (κ2) is 13.7. The van der Waals surface area contributed by atoms with Crippen molar-refractivity contribution in [3.05, 3.63) is 76.1 Å². The van der Waals surface area contributed by atoms with Crippen LogP contribution in [0, 0.1) is 0 Å². The normalized spacial score (nSPS) is 12.2. The van der Waals surface area contributed by atoms with Crippen LogP contribution in [-0.2, 0) is 20.8 Å². The van der Waals surface area contributed by atoms with Gasteiger partial charge in [0.1, 0.15) is 22.8 Å². The molecule has 0 aliphatic heterocycles. The maximum Gasteiger partial charge on any atom is 0.271 e. The first-order valence-electron chi connectivity index (χ1n) is 11.7. The van der Waals surface area contributed by atoms with E-state index in [4.69, 9.17) is 0 Å². The number of nitrogens with zero attached hydrogens (tertiary/aromatic N) is 2. The number of anilines is 1. The first kappa shape index (κ1) is 28.0. The molecule has 0 unspecified atom stereocenters. The number of carbonyl (C=O) groups is 4. The van der Waals surface area contributed by atoms with Gasteiger partial charge in [-0.15, -0.1) is 34.0 Å². The number of amides is 4. The summed E-state index contributed by atoms with van der Waals surface area (Å²) >= 11 is 4.03. The van der Waals surface area contributed by atoms with Gasteiger partial charge in [0.05, 0.1) is 18.0 Å². The number of hydrogen-bond acceptors (Lipinski definition) is 10. The Morgan fingerprint density at radius 1 is 0.897 bits per heavy atom. The largest absolute Gasteiger partial charge is 0.394 e. The zero-order valence-corrected chi connectivity index (χ0v) is 22.8. The second-order valence-corrected chi connectivity index (χ2v) is 10.8. The SMILES string of the molecule is O=C(CNC(=O)[C@H](Cc1ccccc1)NC(=O)c1csc(-c2cccs2)n1)N[C@@H](CO)C(=O)Nc1nccs1. The minimum absolute atomic E-state index is 0.178. The number of aliphatic hydroxyl groups excluding tert-OH is 1. The summed E-state index contributed by atoms with van der Waals surface area (Å²) in [6, 6.07) is 10.7. The molecule has 1 aromatic carbocycles. The molecule has 3 aromatic heterocycles. The fourth-order valence-corrected chi connectivity index (χ4v) is 5.54. The fraction of sp³-hybridized carbons (Fsp3) is 0.200. The smallest absolute Gasteiger partial charge is 0.271 e. The van der Waals surface area contributed by atoms with E-state index in [0.717, 1.165) is 10.4 Å². The van der Waals surface area contributed by atoms with Gasteiger partial charge in [-0.1, -0.05) is 36.4 Å². The number of nitrogens with one attached hydrogen (secondary N) is 4. The molecule has 5 N–H and O–H groups in total. The van der Waals surface area contributed by atoms with Crippen LogP contribution in [0.1, 0.15) is 16.1 Å². The minimum atomic E-state index is -1.24. The van der Waals surface area contributed by atoms with Crippen molar-refractivity contribution in [2.75, 3.05) is 18.5 Å². The predicted molar refractivity (Wildman–Crippen MR) is 150 cm³/mol. The Morgan fingerprint density at radius 3 is 2.41 bits per heavy atom. The molecule has 4 amide bonds. The molecule has 3 heterocycles. The summed E-state index contributed by atoms with van der Waals surface area (Å²) in [5.74, 6) is -2.45. The van der Waals surface area contributed by atoms with Crippen LogP contribution in [0.15, 0.2) is 64.8 Å².